The fourth-order valence-electron chi connectivity index (χ4n) is 6.67. The molecule has 0 saturated carbocycles. The number of methoxy groups -OCH3 is 1. The summed E-state index contributed by atoms with van der Waals surface area (Å²) in [7, 11) is 49.9. The standard InChI is InChI=1S/C17H25BO4.C11H10N2O2.C7H8BrN.C6H4BrF3O.H30P28/c1-15(2,14(19)20-7)12-9-8-10-13(11-12)18-21-16(3,4)17(5,6)22-18;1-6-7(2)13-8-4-3-5-12-10(8)9(6)11(14)15;8-7-3-1-6(5-9)2-4-7;7-3-4-1-2-5(11-4)6(8,9)10;1-16(2)23(15)27(24(17(3)4)18(5)6)28(25(19(7)8)20(9)10)26(21(11)12)22(13)14/h8-11H,1-7H3;3-5H,1-2H3,(H,14,15);1-4H,5,9H2;1-2H,3H2;1-15H2. The highest BCUT2D eigenvalue weighted by Crippen LogP contribution is 3.37. The zero-order valence-electron chi connectivity index (χ0n) is 47.7. The van der Waals surface area contributed by atoms with Crippen molar-refractivity contribution in [3.63, 3.8) is 0 Å². The number of hydrogen-bond acceptors (Lipinski definition) is 9. The normalized spacial score (nSPS) is 14.9. The zero-order valence-corrected chi connectivity index (χ0v) is 79.8. The van der Waals surface area contributed by atoms with Crippen molar-refractivity contribution in [2.75, 3.05) is 7.11 Å². The smallest absolute Gasteiger partial charge is 0.478 e. The molecule has 4 heterocycles. The molecular weight excluding hydrogens is 1740 g/mol. The number of fused-ring (bicyclic) bond motifs is 1. The van der Waals surface area contributed by atoms with Gasteiger partial charge >= 0.3 is 25.2 Å². The lowest BCUT2D eigenvalue weighted by molar-refractivity contribution is -0.153. The fraction of sp³-hybridized carbons (Fsp3) is 0.366. The Bertz CT molecular complexity index is 2840. The summed E-state index contributed by atoms with van der Waals surface area (Å²) in [6, 6.07) is 21.5. The summed E-state index contributed by atoms with van der Waals surface area (Å²) in [4.78, 5) is 31.5. The van der Waals surface area contributed by atoms with E-state index < -0.39 is 30.4 Å². The number of aryl methyl sites for hydroxylation is 1. The molecule has 3 N–H and O–H groups in total. The molecule has 3 aromatic heterocycles. The lowest BCUT2D eigenvalue weighted by Crippen LogP contribution is -2.41. The predicted molar refractivity (Wildman–Crippen MR) is 457 cm³/mol. The molecule has 5 aromatic rings. The van der Waals surface area contributed by atoms with Gasteiger partial charge in [0.1, 0.15) is 11.3 Å². The van der Waals surface area contributed by atoms with Crippen LogP contribution in [0, 0.1) is 13.8 Å². The van der Waals surface area contributed by atoms with E-state index in [0.29, 0.717) is 28.5 Å². The van der Waals surface area contributed by atoms with Crippen molar-refractivity contribution in [1.29, 1.82) is 0 Å². The van der Waals surface area contributed by atoms with E-state index in [9.17, 15) is 22.8 Å². The van der Waals surface area contributed by atoms with Gasteiger partial charge in [-0.3, -0.25) is 14.8 Å². The first-order valence-corrected chi connectivity index (χ1v) is 76.0. The second kappa shape index (κ2) is 42.4. The van der Waals surface area contributed by atoms with E-state index in [4.69, 9.17) is 24.9 Å². The number of carbonyl (C=O) groups is 2. The minimum absolute atomic E-state index is 0.00189. The molecule has 1 fully saturated rings. The highest BCUT2D eigenvalue weighted by atomic mass is 79.9. The Labute approximate surface area is 568 Å². The van der Waals surface area contributed by atoms with Crippen LogP contribution in [0.15, 0.2) is 87.9 Å². The molecule has 2 aromatic carbocycles. The molecule has 476 valence electrons. The van der Waals surface area contributed by atoms with Gasteiger partial charge in [0.25, 0.3) is 0 Å². The van der Waals surface area contributed by atoms with Crippen LogP contribution in [0.4, 0.5) is 13.2 Å². The highest BCUT2D eigenvalue weighted by molar-refractivity contribution is 9.42. The number of hydrogen-bond donors (Lipinski definition) is 2. The molecule has 0 amide bonds. The Kier molecular flexibility index (Phi) is 44.4. The lowest BCUT2D eigenvalue weighted by atomic mass is 9.75. The molecule has 1 saturated heterocycles. The minimum Gasteiger partial charge on any atom is -0.478 e. The lowest BCUT2D eigenvalue weighted by Gasteiger charge is -2.51. The van der Waals surface area contributed by atoms with Crippen LogP contribution in [0.5, 0.6) is 0 Å². The number of esters is 1. The van der Waals surface area contributed by atoms with Crippen LogP contribution in [-0.2, 0) is 42.3 Å². The van der Waals surface area contributed by atoms with Crippen LogP contribution < -0.4 is 11.2 Å². The van der Waals surface area contributed by atoms with Crippen molar-refractivity contribution >= 4 is 292 Å². The van der Waals surface area contributed by atoms with Gasteiger partial charge in [-0.15, -0.1) is 134 Å². The quantitative estimate of drug-likeness (QED) is 0.0376. The van der Waals surface area contributed by atoms with Crippen LogP contribution in [0.25, 0.3) is 11.0 Å². The molecule has 10 nitrogen and oxygen atoms in total. The Balaban J connectivity index is 0.000000383. The maximum Gasteiger partial charge on any atom is 0.494 e. The SMILES string of the molecule is COC(=O)C(C)(C)c1cccc(B2OC(C)(C)C(C)(C)O2)c1.Cc1nc2cccnc2c(C(=O)O)c1C.FC(F)(F)c1ccc(CBr)o1.NCc1ccc(Br)cc1.PP(P)P(P)P(P(P(P)P)P(P)P)P(P(P(P)P)P(P)P)P(P(P)P)P(P)P. The maximum atomic E-state index is 12.0. The maximum absolute atomic E-state index is 12.0. The number of aromatic nitrogens is 2. The number of carboxylic acids is 1. The number of nitrogens with zero attached hydrogens (tertiary/aromatic N) is 2. The number of alkyl halides is 4. The molecule has 85 heavy (non-hydrogen) atoms. The number of carboxylic acid groups (broad SMARTS) is 1. The topological polar surface area (TPSA) is 147 Å². The summed E-state index contributed by atoms with van der Waals surface area (Å²) in [6.45, 7) is 16.0. The molecule has 17 atom stereocenters. The van der Waals surface area contributed by atoms with Gasteiger partial charge in [0.15, 0.2) is 0 Å². The number of carbonyl (C=O) groups excluding carboxylic acids is 1. The first kappa shape index (κ1) is 89.0. The van der Waals surface area contributed by atoms with E-state index in [1.165, 1.54) is 18.7 Å². The van der Waals surface area contributed by atoms with E-state index in [2.05, 4.69) is 180 Å². The van der Waals surface area contributed by atoms with Gasteiger partial charge < -0.3 is 29.3 Å². The zero-order chi connectivity index (χ0) is 65.4. The van der Waals surface area contributed by atoms with E-state index in [0.717, 1.165) is 27.3 Å². The van der Waals surface area contributed by atoms with Gasteiger partial charge in [0, 0.05) is 22.9 Å². The van der Waals surface area contributed by atoms with Crippen LogP contribution in [0.1, 0.15) is 85.8 Å². The van der Waals surface area contributed by atoms with E-state index in [1.54, 1.807) is 32.2 Å². The average molecular weight is 1820 g/mol. The van der Waals surface area contributed by atoms with Crippen molar-refractivity contribution in [3.05, 3.63) is 123 Å². The molecular formula is C41H77BBr2F3N3O7P28. The van der Waals surface area contributed by atoms with Crippen LogP contribution >= 0.6 is 257 Å². The molecule has 0 spiro atoms. The van der Waals surface area contributed by atoms with Gasteiger partial charge in [0.2, 0.25) is 5.76 Å². The number of benzene rings is 2. The van der Waals surface area contributed by atoms with Gasteiger partial charge in [-0.2, -0.15) is 13.2 Å². The van der Waals surface area contributed by atoms with Crippen LogP contribution in [0.2, 0.25) is 0 Å². The van der Waals surface area contributed by atoms with Gasteiger partial charge in [-0.25, -0.2) is 4.79 Å². The van der Waals surface area contributed by atoms with Gasteiger partial charge in [0.05, 0.1) is 40.1 Å². The monoisotopic (exact) mass is 1820 g/mol. The molecule has 0 aliphatic carbocycles. The molecule has 6 rings (SSSR count). The minimum atomic E-state index is -4.37. The summed E-state index contributed by atoms with van der Waals surface area (Å²) in [5, 5.41) is 9.42. The Hall–Kier alpha value is 7.95. The van der Waals surface area contributed by atoms with Crippen LogP contribution in [-0.4, -0.2) is 52.4 Å². The number of ether oxygens (including phenoxy) is 1. The number of pyridine rings is 2. The van der Waals surface area contributed by atoms with E-state index in [-0.39, 0.29) is 119 Å². The van der Waals surface area contributed by atoms with Crippen molar-refractivity contribution in [2.45, 2.75) is 90.1 Å². The summed E-state index contributed by atoms with van der Waals surface area (Å²) in [5.74, 6) is -1.90. The Morgan fingerprint density at radius 2 is 1.19 bits per heavy atom. The summed E-state index contributed by atoms with van der Waals surface area (Å²) in [6.07, 6.45) is -2.80. The Morgan fingerprint density at radius 3 is 1.58 bits per heavy atom. The average Bonchev–Trinajstić information content (AvgIpc) is 2.57. The molecule has 1 aliphatic heterocycles. The molecule has 1 aliphatic rings. The van der Waals surface area contributed by atoms with Crippen LogP contribution in [0.3, 0.4) is 0 Å². The van der Waals surface area contributed by atoms with Crippen molar-refractivity contribution in [2.24, 2.45) is 5.73 Å². The number of nitrogens with two attached hydrogens (primary N) is 1. The summed E-state index contributed by atoms with van der Waals surface area (Å²) >= 11 is 6.31. The first-order valence-electron chi connectivity index (χ1n) is 23.9. The van der Waals surface area contributed by atoms with Gasteiger partial charge in [-0.05, 0) is 205 Å². The molecule has 0 radical (unpaired) electrons. The van der Waals surface area contributed by atoms with Crippen molar-refractivity contribution in [1.82, 2.24) is 9.97 Å². The van der Waals surface area contributed by atoms with E-state index in [1.807, 2.05) is 90.1 Å². The third-order valence-electron chi connectivity index (χ3n) is 11.8. The predicted octanol–water partition coefficient (Wildman–Crippen LogP) is 25.6. The number of rotatable bonds is 18. The van der Waals surface area contributed by atoms with E-state index >= 15 is 0 Å². The highest BCUT2D eigenvalue weighted by Gasteiger charge is 2.52. The number of furan rings is 1. The van der Waals surface area contributed by atoms with Gasteiger partial charge in [-0.1, -0.05) is 68.3 Å². The third-order valence-corrected chi connectivity index (χ3v) is 197. The number of aromatic carboxylic acids is 1. The molecule has 44 heteroatoms. The van der Waals surface area contributed by atoms with Crippen molar-refractivity contribution < 1.29 is 46.3 Å². The molecule has 0 bridgehead atoms. The summed E-state index contributed by atoms with van der Waals surface area (Å²) in [5.41, 5.74) is 9.59. The first-order chi connectivity index (χ1) is 39.1. The molecule has 17 unspecified atom stereocenters. The number of halogens is 5. The third kappa shape index (κ3) is 28.0. The largest absolute Gasteiger partial charge is 0.494 e. The van der Waals surface area contributed by atoms with Crippen molar-refractivity contribution in [3.8, 4) is 0 Å². The second-order valence-corrected chi connectivity index (χ2v) is 133. The second-order valence-electron chi connectivity index (χ2n) is 18.8. The fourth-order valence-corrected chi connectivity index (χ4v) is 359. The summed E-state index contributed by atoms with van der Waals surface area (Å²) < 4.78 is 58.0. The Morgan fingerprint density at radius 1 is 0.706 bits per heavy atom.